The van der Waals surface area contributed by atoms with E-state index in [9.17, 15) is 0 Å². The molecule has 2 aromatic heterocycles. The van der Waals surface area contributed by atoms with Crippen LogP contribution < -0.4 is 10.1 Å². The van der Waals surface area contributed by atoms with Crippen molar-refractivity contribution in [2.75, 3.05) is 7.11 Å². The summed E-state index contributed by atoms with van der Waals surface area (Å²) < 4.78 is 7.70. The molecule has 1 aliphatic rings. The highest BCUT2D eigenvalue weighted by atomic mass is 32.1. The van der Waals surface area contributed by atoms with Crippen molar-refractivity contribution in [2.45, 2.75) is 45.8 Å². The zero-order valence-corrected chi connectivity index (χ0v) is 22.0. The topological polar surface area (TPSA) is 42.3 Å². The summed E-state index contributed by atoms with van der Waals surface area (Å²) in [6.07, 6.45) is 2.88. The summed E-state index contributed by atoms with van der Waals surface area (Å²) in [5.41, 5.74) is 8.35. The largest absolute Gasteiger partial charge is 0.497 e. The average Bonchev–Trinajstić information content (AvgIpc) is 3.39. The van der Waals surface area contributed by atoms with Crippen LogP contribution in [-0.4, -0.2) is 26.7 Å². The van der Waals surface area contributed by atoms with Gasteiger partial charge in [-0.1, -0.05) is 37.3 Å². The van der Waals surface area contributed by atoms with Crippen molar-refractivity contribution in [1.82, 2.24) is 19.8 Å². The van der Waals surface area contributed by atoms with Crippen molar-refractivity contribution in [3.63, 3.8) is 0 Å². The van der Waals surface area contributed by atoms with Gasteiger partial charge in [-0.15, -0.1) is 0 Å². The average molecular weight is 497 g/mol. The second kappa shape index (κ2) is 10.2. The molecule has 2 atom stereocenters. The van der Waals surface area contributed by atoms with Gasteiger partial charge < -0.3 is 19.5 Å². The third kappa shape index (κ3) is 4.49. The molecule has 0 aliphatic carbocycles. The van der Waals surface area contributed by atoms with Gasteiger partial charge in [0, 0.05) is 29.8 Å². The van der Waals surface area contributed by atoms with Crippen LogP contribution in [0.1, 0.15) is 52.8 Å². The number of nitrogens with one attached hydrogen (secondary N) is 1. The minimum atomic E-state index is -0.0478. The number of hydrogen-bond donors (Lipinski definition) is 1. The number of thiocarbonyl (C=S) groups is 1. The maximum Gasteiger partial charge on any atom is 0.170 e. The molecular weight excluding hydrogens is 464 g/mol. The van der Waals surface area contributed by atoms with Crippen molar-refractivity contribution in [2.24, 2.45) is 0 Å². The fourth-order valence-electron chi connectivity index (χ4n) is 5.21. The number of pyridine rings is 1. The van der Waals surface area contributed by atoms with Crippen LogP contribution >= 0.6 is 12.2 Å². The number of hydrogen-bond acceptors (Lipinski definition) is 3. The molecule has 1 fully saturated rings. The highest BCUT2D eigenvalue weighted by Crippen LogP contribution is 2.42. The fraction of sp³-hybridized carbons (Fsp3) is 0.267. The van der Waals surface area contributed by atoms with Crippen LogP contribution in [0.5, 0.6) is 5.75 Å². The van der Waals surface area contributed by atoms with E-state index >= 15 is 0 Å². The summed E-state index contributed by atoms with van der Waals surface area (Å²) in [5.74, 6) is 0.849. The molecule has 1 N–H and O–H groups in total. The number of benzene rings is 2. The molecule has 1 aliphatic heterocycles. The molecule has 2 aromatic carbocycles. The monoisotopic (exact) mass is 496 g/mol. The number of nitrogens with zero attached hydrogens (tertiary/aromatic N) is 3. The molecule has 0 spiro atoms. The Kier molecular flexibility index (Phi) is 6.79. The Morgan fingerprint density at radius 1 is 0.972 bits per heavy atom. The van der Waals surface area contributed by atoms with Crippen LogP contribution in [0.4, 0.5) is 0 Å². The van der Waals surface area contributed by atoms with E-state index in [1.54, 1.807) is 7.11 Å². The molecule has 184 valence electrons. The van der Waals surface area contributed by atoms with E-state index < -0.39 is 0 Å². The van der Waals surface area contributed by atoms with Crippen molar-refractivity contribution in [3.8, 4) is 11.4 Å². The lowest BCUT2D eigenvalue weighted by atomic mass is 9.96. The van der Waals surface area contributed by atoms with E-state index in [0.29, 0.717) is 6.54 Å². The van der Waals surface area contributed by atoms with E-state index in [0.717, 1.165) is 23.0 Å². The molecule has 6 heteroatoms. The molecule has 1 saturated heterocycles. The molecule has 5 nitrogen and oxygen atoms in total. The van der Waals surface area contributed by atoms with Gasteiger partial charge in [-0.05, 0) is 91.6 Å². The van der Waals surface area contributed by atoms with Gasteiger partial charge in [-0.25, -0.2) is 0 Å². The third-order valence-corrected chi connectivity index (χ3v) is 7.45. The molecule has 0 bridgehead atoms. The molecule has 4 aromatic rings. The Morgan fingerprint density at radius 2 is 1.69 bits per heavy atom. The zero-order valence-electron chi connectivity index (χ0n) is 21.2. The minimum Gasteiger partial charge on any atom is -0.497 e. The third-order valence-electron chi connectivity index (χ3n) is 7.10. The van der Waals surface area contributed by atoms with E-state index in [1.165, 1.54) is 33.8 Å². The van der Waals surface area contributed by atoms with Gasteiger partial charge in [-0.3, -0.25) is 4.98 Å². The van der Waals surface area contributed by atoms with Gasteiger partial charge in [0.15, 0.2) is 5.11 Å². The normalized spacial score (nSPS) is 17.3. The van der Waals surface area contributed by atoms with Gasteiger partial charge in [0.25, 0.3) is 0 Å². The Labute approximate surface area is 218 Å². The highest BCUT2D eigenvalue weighted by molar-refractivity contribution is 7.80. The van der Waals surface area contributed by atoms with Gasteiger partial charge in [-0.2, -0.15) is 0 Å². The summed E-state index contributed by atoms with van der Waals surface area (Å²) in [7, 11) is 1.69. The summed E-state index contributed by atoms with van der Waals surface area (Å²) in [4.78, 5) is 6.99. The van der Waals surface area contributed by atoms with Crippen molar-refractivity contribution < 1.29 is 4.74 Å². The van der Waals surface area contributed by atoms with Crippen molar-refractivity contribution in [1.29, 1.82) is 0 Å². The second-order valence-corrected chi connectivity index (χ2v) is 9.67. The first-order chi connectivity index (χ1) is 17.5. The van der Waals surface area contributed by atoms with E-state index in [4.69, 9.17) is 21.9 Å². The van der Waals surface area contributed by atoms with Crippen LogP contribution in [0.15, 0.2) is 79.0 Å². The number of aryl methyl sites for hydroxylation is 2. The summed E-state index contributed by atoms with van der Waals surface area (Å²) >= 11 is 5.90. The second-order valence-electron chi connectivity index (χ2n) is 9.28. The Bertz CT molecular complexity index is 1350. The summed E-state index contributed by atoms with van der Waals surface area (Å²) in [5, 5.41) is 4.32. The molecule has 0 saturated carbocycles. The van der Waals surface area contributed by atoms with Crippen LogP contribution in [0.2, 0.25) is 0 Å². The Hall–Kier alpha value is -3.64. The molecule has 3 heterocycles. The van der Waals surface area contributed by atoms with Crippen LogP contribution in [-0.2, 0) is 13.0 Å². The maximum atomic E-state index is 5.90. The van der Waals surface area contributed by atoms with Crippen LogP contribution in [0, 0.1) is 13.8 Å². The standard InChI is InChI=1S/C30H32N4OS/c1-5-22-9-13-24(14-10-22)34-20(2)18-26(21(34)3)29-28(27-8-6-7-17-31-27)32-30(36)33(29)19-23-11-15-25(35-4)16-12-23/h6-18,28-29H,5,19H2,1-4H3,(H,32,36)/t28-,29+/m0/s1. The Morgan fingerprint density at radius 3 is 2.33 bits per heavy atom. The van der Waals surface area contributed by atoms with Gasteiger partial charge in [0.05, 0.1) is 24.9 Å². The van der Waals surface area contributed by atoms with Gasteiger partial charge in [0.2, 0.25) is 0 Å². The number of ether oxygens (including phenoxy) is 1. The molecule has 5 rings (SSSR count). The molecule has 0 amide bonds. The lowest BCUT2D eigenvalue weighted by Gasteiger charge is -2.28. The highest BCUT2D eigenvalue weighted by Gasteiger charge is 2.41. The first kappa shape index (κ1) is 24.1. The van der Waals surface area contributed by atoms with Crippen LogP contribution in [0.3, 0.4) is 0 Å². The van der Waals surface area contributed by atoms with E-state index in [2.05, 4.69) is 84.1 Å². The quantitative estimate of drug-likeness (QED) is 0.307. The van der Waals surface area contributed by atoms with Crippen LogP contribution in [0.25, 0.3) is 5.69 Å². The first-order valence-corrected chi connectivity index (χ1v) is 12.8. The summed E-state index contributed by atoms with van der Waals surface area (Å²) in [6.45, 7) is 7.26. The lowest BCUT2D eigenvalue weighted by Crippen LogP contribution is -2.29. The van der Waals surface area contributed by atoms with Crippen molar-refractivity contribution in [3.05, 3.63) is 113 Å². The predicted molar refractivity (Wildman–Crippen MR) is 149 cm³/mol. The summed E-state index contributed by atoms with van der Waals surface area (Å²) in [6, 6.07) is 25.4. The van der Waals surface area contributed by atoms with Gasteiger partial charge >= 0.3 is 0 Å². The molecule has 0 unspecified atom stereocenters. The van der Waals surface area contributed by atoms with E-state index in [-0.39, 0.29) is 12.1 Å². The lowest BCUT2D eigenvalue weighted by molar-refractivity contribution is 0.310. The first-order valence-electron chi connectivity index (χ1n) is 12.4. The van der Waals surface area contributed by atoms with Gasteiger partial charge in [0.1, 0.15) is 5.75 Å². The zero-order chi connectivity index (χ0) is 25.2. The van der Waals surface area contributed by atoms with E-state index in [1.807, 2.05) is 30.5 Å². The SMILES string of the molecule is CCc1ccc(-n2c(C)cc([C@@H]3[C@H](c4ccccn4)NC(=S)N3Cc3ccc(OC)cc3)c2C)cc1. The Balaban J connectivity index is 1.58. The smallest absolute Gasteiger partial charge is 0.170 e. The maximum absolute atomic E-state index is 5.90. The molecular formula is C30H32N4OS. The number of methoxy groups -OCH3 is 1. The number of rotatable bonds is 7. The predicted octanol–water partition coefficient (Wildman–Crippen LogP) is 6.23. The molecule has 36 heavy (non-hydrogen) atoms. The number of aromatic nitrogens is 2. The van der Waals surface area contributed by atoms with Crippen molar-refractivity contribution >= 4 is 17.3 Å². The fourth-order valence-corrected chi connectivity index (χ4v) is 5.51. The minimum absolute atomic E-state index is 0.00404. The molecule has 0 radical (unpaired) electrons.